The molecule has 1 heterocycles. The number of benzene rings is 1. The van der Waals surface area contributed by atoms with Crippen LogP contribution in [0.15, 0.2) is 30.3 Å². The summed E-state index contributed by atoms with van der Waals surface area (Å²) in [6, 6.07) is 11.5. The van der Waals surface area contributed by atoms with Crippen molar-refractivity contribution in [2.24, 2.45) is 0 Å². The molecule has 1 fully saturated rings. The fourth-order valence-corrected chi connectivity index (χ4v) is 2.47. The lowest BCUT2D eigenvalue weighted by atomic mass is 10.0. The van der Waals surface area contributed by atoms with Crippen LogP contribution in [0.25, 0.3) is 0 Å². The second kappa shape index (κ2) is 5.29. The van der Waals surface area contributed by atoms with Gasteiger partial charge in [-0.25, -0.2) is 4.58 Å². The molecule has 0 amide bonds. The molecule has 2 rings (SSSR count). The molecule has 0 bridgehead atoms. The van der Waals surface area contributed by atoms with Crippen molar-refractivity contribution in [2.75, 3.05) is 6.54 Å². The van der Waals surface area contributed by atoms with E-state index in [4.69, 9.17) is 0 Å². The third-order valence-electron chi connectivity index (χ3n) is 3.59. The van der Waals surface area contributed by atoms with Gasteiger partial charge in [-0.15, -0.1) is 0 Å². The second-order valence-electron chi connectivity index (χ2n) is 4.93. The Hall–Kier alpha value is -1.11. The standard InChI is InChI=1S/C15H22N/c1-13(15-9-4-3-5-10-15)12-16-11-7-6-8-14(16)2/h3-5,9-10,12-14H,6-8,11H2,1-2H3/q+1. The molecule has 0 N–H and O–H groups in total. The number of hydrogen-bond acceptors (Lipinski definition) is 0. The van der Waals surface area contributed by atoms with Crippen molar-refractivity contribution in [1.29, 1.82) is 0 Å². The summed E-state index contributed by atoms with van der Waals surface area (Å²) < 4.78 is 2.53. The third kappa shape index (κ3) is 2.72. The Balaban J connectivity index is 2.10. The minimum Gasteiger partial charge on any atom is -0.237 e. The molecular formula is C15H22N+. The smallest absolute Gasteiger partial charge is 0.149 e. The number of hydrogen-bond donors (Lipinski definition) is 0. The van der Waals surface area contributed by atoms with Gasteiger partial charge >= 0.3 is 0 Å². The van der Waals surface area contributed by atoms with Crippen LogP contribution >= 0.6 is 0 Å². The van der Waals surface area contributed by atoms with Crippen LogP contribution in [0.2, 0.25) is 0 Å². The molecule has 0 aromatic heterocycles. The first kappa shape index (κ1) is 11.4. The van der Waals surface area contributed by atoms with Crippen molar-refractivity contribution in [3.63, 3.8) is 0 Å². The molecule has 0 saturated carbocycles. The Labute approximate surface area is 98.8 Å². The normalized spacial score (nSPS) is 25.6. The van der Waals surface area contributed by atoms with Crippen molar-refractivity contribution in [3.05, 3.63) is 35.9 Å². The predicted molar refractivity (Wildman–Crippen MR) is 69.4 cm³/mol. The largest absolute Gasteiger partial charge is 0.237 e. The van der Waals surface area contributed by atoms with Crippen molar-refractivity contribution in [2.45, 2.75) is 45.1 Å². The Kier molecular flexibility index (Phi) is 3.76. The lowest BCUT2D eigenvalue weighted by Gasteiger charge is -2.18. The zero-order chi connectivity index (χ0) is 11.4. The van der Waals surface area contributed by atoms with Gasteiger partial charge in [-0.2, -0.15) is 0 Å². The molecule has 1 aliphatic heterocycles. The highest BCUT2D eigenvalue weighted by Gasteiger charge is 2.21. The van der Waals surface area contributed by atoms with Crippen molar-refractivity contribution < 1.29 is 4.58 Å². The Bertz CT molecular complexity index is 353. The van der Waals surface area contributed by atoms with E-state index in [9.17, 15) is 0 Å². The molecule has 1 heteroatoms. The van der Waals surface area contributed by atoms with E-state index in [2.05, 4.69) is 55.0 Å². The number of piperidine rings is 1. The SMILES string of the molecule is CC(C=[N+]1CCCCC1C)c1ccccc1. The molecule has 1 saturated heterocycles. The molecule has 86 valence electrons. The van der Waals surface area contributed by atoms with E-state index in [0.717, 1.165) is 6.04 Å². The molecule has 0 aliphatic carbocycles. The first-order chi connectivity index (χ1) is 7.77. The molecule has 1 aromatic rings. The summed E-state index contributed by atoms with van der Waals surface area (Å²) in [5.41, 5.74) is 1.42. The highest BCUT2D eigenvalue weighted by molar-refractivity contribution is 5.62. The van der Waals surface area contributed by atoms with Crippen molar-refractivity contribution in [3.8, 4) is 0 Å². The van der Waals surface area contributed by atoms with E-state index in [1.54, 1.807) is 0 Å². The fraction of sp³-hybridized carbons (Fsp3) is 0.533. The maximum Gasteiger partial charge on any atom is 0.149 e. The van der Waals surface area contributed by atoms with Gasteiger partial charge in [-0.05, 0) is 25.8 Å². The second-order valence-corrected chi connectivity index (χ2v) is 4.93. The molecule has 1 aromatic carbocycles. The molecule has 2 unspecified atom stereocenters. The van der Waals surface area contributed by atoms with Crippen LogP contribution in [0.1, 0.15) is 44.6 Å². The minimum atomic E-state index is 0.529. The number of nitrogens with zero attached hydrogens (tertiary/aromatic N) is 1. The van der Waals surface area contributed by atoms with E-state index in [0.29, 0.717) is 5.92 Å². The highest BCUT2D eigenvalue weighted by atomic mass is 15.0. The van der Waals surface area contributed by atoms with Gasteiger partial charge in [0.25, 0.3) is 0 Å². The van der Waals surface area contributed by atoms with E-state index in [1.165, 1.54) is 31.4 Å². The average Bonchev–Trinajstić information content (AvgIpc) is 2.33. The molecule has 1 nitrogen and oxygen atoms in total. The zero-order valence-corrected chi connectivity index (χ0v) is 10.4. The van der Waals surface area contributed by atoms with Gasteiger partial charge in [0, 0.05) is 12.8 Å². The van der Waals surface area contributed by atoms with Crippen molar-refractivity contribution in [1.82, 2.24) is 0 Å². The third-order valence-corrected chi connectivity index (χ3v) is 3.59. The van der Waals surface area contributed by atoms with Gasteiger partial charge in [-0.1, -0.05) is 30.3 Å². The van der Waals surface area contributed by atoms with Gasteiger partial charge in [-0.3, -0.25) is 0 Å². The minimum absolute atomic E-state index is 0.529. The molecule has 0 spiro atoms. The monoisotopic (exact) mass is 216 g/mol. The summed E-state index contributed by atoms with van der Waals surface area (Å²) in [4.78, 5) is 0. The lowest BCUT2D eigenvalue weighted by Crippen LogP contribution is -2.30. The van der Waals surface area contributed by atoms with Gasteiger partial charge in [0.1, 0.15) is 18.8 Å². The van der Waals surface area contributed by atoms with E-state index in [1.807, 2.05) is 0 Å². The summed E-state index contributed by atoms with van der Waals surface area (Å²) in [6.45, 7) is 5.86. The van der Waals surface area contributed by atoms with Crippen LogP contribution in [-0.2, 0) is 0 Å². The summed E-state index contributed by atoms with van der Waals surface area (Å²) in [5, 5.41) is 0. The van der Waals surface area contributed by atoms with Crippen LogP contribution in [-0.4, -0.2) is 23.4 Å². The summed E-state index contributed by atoms with van der Waals surface area (Å²) in [5.74, 6) is 0.529. The van der Waals surface area contributed by atoms with Crippen LogP contribution in [0.3, 0.4) is 0 Å². The molecule has 0 radical (unpaired) electrons. The van der Waals surface area contributed by atoms with Crippen molar-refractivity contribution >= 4 is 6.21 Å². The zero-order valence-electron chi connectivity index (χ0n) is 10.4. The quantitative estimate of drug-likeness (QED) is 0.666. The predicted octanol–water partition coefficient (Wildman–Crippen LogP) is 3.45. The maximum atomic E-state index is 2.53. The van der Waals surface area contributed by atoms with Gasteiger partial charge < -0.3 is 0 Å². The average molecular weight is 216 g/mol. The van der Waals surface area contributed by atoms with E-state index >= 15 is 0 Å². The maximum absolute atomic E-state index is 2.53. The first-order valence-corrected chi connectivity index (χ1v) is 6.43. The van der Waals surface area contributed by atoms with Gasteiger partial charge in [0.2, 0.25) is 0 Å². The Morgan fingerprint density at radius 1 is 1.25 bits per heavy atom. The van der Waals surface area contributed by atoms with Crippen LogP contribution in [0.5, 0.6) is 0 Å². The summed E-state index contributed by atoms with van der Waals surface area (Å²) in [7, 11) is 0. The number of rotatable bonds is 2. The van der Waals surface area contributed by atoms with E-state index < -0.39 is 0 Å². The first-order valence-electron chi connectivity index (χ1n) is 6.43. The molecule has 1 aliphatic rings. The summed E-state index contributed by atoms with van der Waals surface area (Å²) in [6.07, 6.45) is 6.50. The van der Waals surface area contributed by atoms with Crippen LogP contribution in [0.4, 0.5) is 0 Å². The highest BCUT2D eigenvalue weighted by Crippen LogP contribution is 2.16. The molecule has 2 atom stereocenters. The Morgan fingerprint density at radius 3 is 2.69 bits per heavy atom. The molecular weight excluding hydrogens is 194 g/mol. The fourth-order valence-electron chi connectivity index (χ4n) is 2.47. The molecule has 16 heavy (non-hydrogen) atoms. The van der Waals surface area contributed by atoms with Gasteiger partial charge in [0.15, 0.2) is 0 Å². The van der Waals surface area contributed by atoms with Crippen LogP contribution < -0.4 is 0 Å². The van der Waals surface area contributed by atoms with E-state index in [-0.39, 0.29) is 0 Å². The topological polar surface area (TPSA) is 3.01 Å². The van der Waals surface area contributed by atoms with Crippen LogP contribution in [0, 0.1) is 0 Å². The summed E-state index contributed by atoms with van der Waals surface area (Å²) >= 11 is 0. The van der Waals surface area contributed by atoms with Gasteiger partial charge in [0.05, 0.1) is 5.92 Å². The Morgan fingerprint density at radius 2 is 2.00 bits per heavy atom. The lowest BCUT2D eigenvalue weighted by molar-refractivity contribution is -0.569.